The molecule has 0 aromatic carbocycles. The number of halogens is 1. The van der Waals surface area contributed by atoms with Crippen molar-refractivity contribution in [1.29, 1.82) is 0 Å². The van der Waals surface area contributed by atoms with Crippen LogP contribution in [0.25, 0.3) is 0 Å². The van der Waals surface area contributed by atoms with E-state index in [1.165, 1.54) is 25.0 Å². The third-order valence-corrected chi connectivity index (χ3v) is 5.87. The lowest BCUT2D eigenvalue weighted by molar-refractivity contribution is 0.194. The Labute approximate surface area is 130 Å². The lowest BCUT2D eigenvalue weighted by atomic mass is 9.76. The molecule has 1 heterocycles. The molecule has 0 bridgehead atoms. The first kappa shape index (κ1) is 16.0. The maximum absolute atomic E-state index is 5.87. The standard InChI is InChI=1S/C15H27BrN4/c1-5-11-14(16)13(20(4)19-11)9-12(18-17)10-7-6-8-15(10,2)3/h10,12,18H,5-9,17H2,1-4H3. The Bertz CT molecular complexity index is 467. The summed E-state index contributed by atoms with van der Waals surface area (Å²) in [7, 11) is 2.02. The average Bonchev–Trinajstić information content (AvgIpc) is 2.88. The van der Waals surface area contributed by atoms with Crippen LogP contribution in [0.4, 0.5) is 0 Å². The zero-order valence-electron chi connectivity index (χ0n) is 13.0. The van der Waals surface area contributed by atoms with Gasteiger partial charge in [0.2, 0.25) is 0 Å². The minimum absolute atomic E-state index is 0.309. The van der Waals surface area contributed by atoms with Crippen molar-refractivity contribution in [2.24, 2.45) is 24.2 Å². The number of rotatable bonds is 5. The van der Waals surface area contributed by atoms with Crippen LogP contribution >= 0.6 is 15.9 Å². The van der Waals surface area contributed by atoms with Gasteiger partial charge in [-0.3, -0.25) is 16.0 Å². The molecule has 1 fully saturated rings. The molecule has 4 nitrogen and oxygen atoms in total. The normalized spacial score (nSPS) is 23.2. The van der Waals surface area contributed by atoms with E-state index in [1.807, 2.05) is 11.7 Å². The Balaban J connectivity index is 2.21. The third-order valence-electron chi connectivity index (χ3n) is 4.96. The molecule has 0 amide bonds. The van der Waals surface area contributed by atoms with E-state index in [2.05, 4.69) is 47.2 Å². The lowest BCUT2D eigenvalue weighted by Crippen LogP contribution is -2.46. The Morgan fingerprint density at radius 1 is 1.55 bits per heavy atom. The highest BCUT2D eigenvalue weighted by atomic mass is 79.9. The van der Waals surface area contributed by atoms with Crippen LogP contribution in [0.2, 0.25) is 0 Å². The SMILES string of the molecule is CCc1nn(C)c(CC(NN)C2CCCC2(C)C)c1Br. The monoisotopic (exact) mass is 342 g/mol. The van der Waals surface area contributed by atoms with E-state index in [1.54, 1.807) is 0 Å². The van der Waals surface area contributed by atoms with E-state index in [-0.39, 0.29) is 0 Å². The molecule has 20 heavy (non-hydrogen) atoms. The molecular formula is C15H27BrN4. The zero-order chi connectivity index (χ0) is 14.9. The summed E-state index contributed by atoms with van der Waals surface area (Å²) in [5, 5.41) is 4.58. The molecule has 3 N–H and O–H groups in total. The number of nitrogens with zero attached hydrogens (tertiary/aromatic N) is 2. The van der Waals surface area contributed by atoms with Crippen LogP contribution < -0.4 is 11.3 Å². The zero-order valence-corrected chi connectivity index (χ0v) is 14.6. The maximum Gasteiger partial charge on any atom is 0.0766 e. The Morgan fingerprint density at radius 2 is 2.25 bits per heavy atom. The van der Waals surface area contributed by atoms with Crippen molar-refractivity contribution in [2.45, 2.75) is 58.9 Å². The fourth-order valence-corrected chi connectivity index (χ4v) is 4.44. The predicted molar refractivity (Wildman–Crippen MR) is 86.2 cm³/mol. The van der Waals surface area contributed by atoms with Crippen LogP contribution in [0.1, 0.15) is 51.4 Å². The molecule has 0 radical (unpaired) electrons. The molecule has 1 aliphatic rings. The Kier molecular flexibility index (Phi) is 4.92. The van der Waals surface area contributed by atoms with Crippen molar-refractivity contribution < 1.29 is 0 Å². The fourth-order valence-electron chi connectivity index (χ4n) is 3.67. The van der Waals surface area contributed by atoms with E-state index in [4.69, 9.17) is 5.84 Å². The minimum Gasteiger partial charge on any atom is -0.271 e. The minimum atomic E-state index is 0.309. The number of hydrogen-bond donors (Lipinski definition) is 2. The highest BCUT2D eigenvalue weighted by molar-refractivity contribution is 9.10. The Hall–Kier alpha value is -0.390. The second kappa shape index (κ2) is 6.16. The topological polar surface area (TPSA) is 55.9 Å². The first-order valence-electron chi connectivity index (χ1n) is 7.57. The summed E-state index contributed by atoms with van der Waals surface area (Å²) in [4.78, 5) is 0. The molecule has 114 valence electrons. The van der Waals surface area contributed by atoms with Crippen molar-refractivity contribution in [3.8, 4) is 0 Å². The van der Waals surface area contributed by atoms with Crippen LogP contribution in [0.15, 0.2) is 4.47 Å². The van der Waals surface area contributed by atoms with Gasteiger partial charge in [-0.2, -0.15) is 5.10 Å². The van der Waals surface area contributed by atoms with Gasteiger partial charge < -0.3 is 0 Å². The molecule has 0 saturated heterocycles. The number of nitrogens with two attached hydrogens (primary N) is 1. The van der Waals surface area contributed by atoms with Crippen LogP contribution in [0.3, 0.4) is 0 Å². The first-order valence-corrected chi connectivity index (χ1v) is 8.36. The van der Waals surface area contributed by atoms with Crippen molar-refractivity contribution in [3.63, 3.8) is 0 Å². The summed E-state index contributed by atoms with van der Waals surface area (Å²) in [6, 6.07) is 0.309. The van der Waals surface area contributed by atoms with Crippen molar-refractivity contribution in [3.05, 3.63) is 15.9 Å². The first-order chi connectivity index (χ1) is 9.40. The van der Waals surface area contributed by atoms with Gasteiger partial charge in [-0.15, -0.1) is 0 Å². The largest absolute Gasteiger partial charge is 0.271 e. The molecule has 5 heteroatoms. The van der Waals surface area contributed by atoms with Crippen LogP contribution in [-0.2, 0) is 19.9 Å². The average molecular weight is 343 g/mol. The molecule has 2 atom stereocenters. The van der Waals surface area contributed by atoms with Crippen molar-refractivity contribution >= 4 is 15.9 Å². The van der Waals surface area contributed by atoms with Gasteiger partial charge in [0.25, 0.3) is 0 Å². The lowest BCUT2D eigenvalue weighted by Gasteiger charge is -2.34. The van der Waals surface area contributed by atoms with Gasteiger partial charge in [0, 0.05) is 19.5 Å². The van der Waals surface area contributed by atoms with E-state index in [0.29, 0.717) is 17.4 Å². The van der Waals surface area contributed by atoms with Crippen LogP contribution in [-0.4, -0.2) is 15.8 Å². The summed E-state index contributed by atoms with van der Waals surface area (Å²) >= 11 is 3.71. The van der Waals surface area contributed by atoms with Crippen LogP contribution in [0.5, 0.6) is 0 Å². The summed E-state index contributed by atoms with van der Waals surface area (Å²) in [5.74, 6) is 6.49. The van der Waals surface area contributed by atoms with Crippen LogP contribution in [0, 0.1) is 11.3 Å². The molecule has 1 saturated carbocycles. The van der Waals surface area contributed by atoms with Crippen molar-refractivity contribution in [1.82, 2.24) is 15.2 Å². The van der Waals surface area contributed by atoms with Gasteiger partial charge in [0.15, 0.2) is 0 Å². The summed E-state index contributed by atoms with van der Waals surface area (Å²) in [6.07, 6.45) is 5.74. The quantitative estimate of drug-likeness (QED) is 0.638. The van der Waals surface area contributed by atoms with Gasteiger partial charge in [-0.1, -0.05) is 27.2 Å². The predicted octanol–water partition coefficient (Wildman–Crippen LogP) is 2.95. The molecule has 1 aromatic rings. The van der Waals surface area contributed by atoms with E-state index >= 15 is 0 Å². The van der Waals surface area contributed by atoms with E-state index < -0.39 is 0 Å². The van der Waals surface area contributed by atoms with Crippen molar-refractivity contribution in [2.75, 3.05) is 0 Å². The molecular weight excluding hydrogens is 316 g/mol. The molecule has 2 unspecified atom stereocenters. The Morgan fingerprint density at radius 3 is 2.70 bits per heavy atom. The molecule has 0 spiro atoms. The smallest absolute Gasteiger partial charge is 0.0766 e. The molecule has 2 rings (SSSR count). The summed E-state index contributed by atoms with van der Waals surface area (Å²) < 4.78 is 3.15. The number of nitrogens with one attached hydrogen (secondary N) is 1. The van der Waals surface area contributed by atoms with E-state index in [9.17, 15) is 0 Å². The third kappa shape index (κ3) is 2.95. The number of aromatic nitrogens is 2. The van der Waals surface area contributed by atoms with Gasteiger partial charge in [-0.05, 0) is 46.5 Å². The highest BCUT2D eigenvalue weighted by Gasteiger charge is 2.39. The molecule has 1 aliphatic carbocycles. The fraction of sp³-hybridized carbons (Fsp3) is 0.800. The summed E-state index contributed by atoms with van der Waals surface area (Å²) in [5.41, 5.74) is 5.81. The van der Waals surface area contributed by atoms with Gasteiger partial charge in [0.1, 0.15) is 0 Å². The molecule has 0 aliphatic heterocycles. The van der Waals surface area contributed by atoms with Gasteiger partial charge in [0.05, 0.1) is 15.9 Å². The second-order valence-corrected chi connectivity index (χ2v) is 7.44. The number of aryl methyl sites for hydroxylation is 2. The summed E-state index contributed by atoms with van der Waals surface area (Å²) in [6.45, 7) is 6.87. The molecule has 1 aromatic heterocycles. The maximum atomic E-state index is 5.87. The van der Waals surface area contributed by atoms with Gasteiger partial charge in [-0.25, -0.2) is 0 Å². The second-order valence-electron chi connectivity index (χ2n) is 6.65. The van der Waals surface area contributed by atoms with Gasteiger partial charge >= 0.3 is 0 Å². The van der Waals surface area contributed by atoms with E-state index in [0.717, 1.165) is 23.0 Å². The highest BCUT2D eigenvalue weighted by Crippen LogP contribution is 2.45. The number of hydrazine groups is 1. The number of hydrogen-bond acceptors (Lipinski definition) is 3.